The second kappa shape index (κ2) is 5.33. The van der Waals surface area contributed by atoms with Crippen LogP contribution in [0.1, 0.15) is 37.7 Å². The maximum absolute atomic E-state index is 13.6. The van der Waals surface area contributed by atoms with Crippen LogP contribution in [-0.2, 0) is 11.6 Å². The van der Waals surface area contributed by atoms with Gasteiger partial charge in [0.05, 0.1) is 22.3 Å². The normalized spacial score (nSPS) is 12.8. The Morgan fingerprint density at radius 1 is 1.00 bits per heavy atom. The molecule has 3 nitrogen and oxygen atoms in total. The summed E-state index contributed by atoms with van der Waals surface area (Å²) in [5.74, 6) is 0. The highest BCUT2D eigenvalue weighted by molar-refractivity contribution is 5.84. The van der Waals surface area contributed by atoms with E-state index in [4.69, 9.17) is 0 Å². The zero-order valence-corrected chi connectivity index (χ0v) is 13.9. The predicted octanol–water partition coefficient (Wildman–Crippen LogP) is 5.05. The van der Waals surface area contributed by atoms with Gasteiger partial charge in [0, 0.05) is 11.1 Å². The quantitative estimate of drug-likeness (QED) is 0.624. The van der Waals surface area contributed by atoms with Gasteiger partial charge in [0.15, 0.2) is 5.65 Å². The number of fused-ring (bicyclic) bond motifs is 1. The summed E-state index contributed by atoms with van der Waals surface area (Å²) < 4.78 is 42.3. The van der Waals surface area contributed by atoms with Crippen molar-refractivity contribution in [3.8, 4) is 5.69 Å². The van der Waals surface area contributed by atoms with E-state index >= 15 is 0 Å². The van der Waals surface area contributed by atoms with Crippen molar-refractivity contribution in [3.05, 3.63) is 53.3 Å². The molecular formula is C18H18F3N3. The highest BCUT2D eigenvalue weighted by Crippen LogP contribution is 2.38. The fourth-order valence-corrected chi connectivity index (χ4v) is 2.65. The minimum absolute atomic E-state index is 0.0550. The Hall–Kier alpha value is -2.37. The zero-order chi connectivity index (χ0) is 17.7. The lowest BCUT2D eigenvalue weighted by Gasteiger charge is -2.20. The van der Waals surface area contributed by atoms with Gasteiger partial charge in [-0.05, 0) is 25.1 Å². The second-order valence-corrected chi connectivity index (χ2v) is 6.83. The Balaban J connectivity index is 2.42. The van der Waals surface area contributed by atoms with Crippen LogP contribution in [0.5, 0.6) is 0 Å². The molecule has 0 saturated heterocycles. The zero-order valence-electron chi connectivity index (χ0n) is 13.9. The van der Waals surface area contributed by atoms with E-state index in [9.17, 15) is 13.2 Å². The molecule has 0 aliphatic heterocycles. The third-order valence-electron chi connectivity index (χ3n) is 3.89. The van der Waals surface area contributed by atoms with Crippen molar-refractivity contribution in [1.29, 1.82) is 0 Å². The van der Waals surface area contributed by atoms with E-state index in [2.05, 4.69) is 10.1 Å². The summed E-state index contributed by atoms with van der Waals surface area (Å²) in [6.07, 6.45) is -4.46. The number of halogens is 3. The van der Waals surface area contributed by atoms with Crippen LogP contribution in [0.2, 0.25) is 0 Å². The van der Waals surface area contributed by atoms with Crippen molar-refractivity contribution >= 4 is 11.0 Å². The van der Waals surface area contributed by atoms with E-state index < -0.39 is 17.2 Å². The minimum Gasteiger partial charge on any atom is -0.232 e. The monoisotopic (exact) mass is 333 g/mol. The minimum atomic E-state index is -4.46. The van der Waals surface area contributed by atoms with Gasteiger partial charge in [-0.15, -0.1) is 0 Å². The lowest BCUT2D eigenvalue weighted by Crippen LogP contribution is -2.17. The second-order valence-electron chi connectivity index (χ2n) is 6.83. The molecule has 0 spiro atoms. The fraction of sp³-hybridized carbons (Fsp3) is 0.333. The van der Waals surface area contributed by atoms with Crippen molar-refractivity contribution in [2.24, 2.45) is 0 Å². The Morgan fingerprint density at radius 2 is 1.62 bits per heavy atom. The van der Waals surface area contributed by atoms with Crippen LogP contribution >= 0.6 is 0 Å². The first-order chi connectivity index (χ1) is 11.1. The molecular weight excluding hydrogens is 315 g/mol. The molecule has 0 atom stereocenters. The first kappa shape index (κ1) is 16.5. The van der Waals surface area contributed by atoms with Gasteiger partial charge >= 0.3 is 6.18 Å². The number of alkyl halides is 3. The topological polar surface area (TPSA) is 30.7 Å². The maximum Gasteiger partial charge on any atom is 0.417 e. The molecule has 0 radical (unpaired) electrons. The summed E-state index contributed by atoms with van der Waals surface area (Å²) in [6, 6.07) is 10.2. The van der Waals surface area contributed by atoms with Crippen LogP contribution in [0.4, 0.5) is 13.2 Å². The summed E-state index contributed by atoms with van der Waals surface area (Å²) in [5, 5.41) is 4.37. The van der Waals surface area contributed by atoms with Gasteiger partial charge < -0.3 is 0 Å². The summed E-state index contributed by atoms with van der Waals surface area (Å²) in [4.78, 5) is 4.52. The Morgan fingerprint density at radius 3 is 2.17 bits per heavy atom. The van der Waals surface area contributed by atoms with E-state index in [-0.39, 0.29) is 11.0 Å². The molecule has 0 aliphatic carbocycles. The number of para-hydroxylation sites is 1. The van der Waals surface area contributed by atoms with Crippen molar-refractivity contribution in [3.63, 3.8) is 0 Å². The van der Waals surface area contributed by atoms with Crippen molar-refractivity contribution in [1.82, 2.24) is 14.8 Å². The summed E-state index contributed by atoms with van der Waals surface area (Å²) >= 11 is 0. The smallest absolute Gasteiger partial charge is 0.232 e. The van der Waals surface area contributed by atoms with Crippen LogP contribution < -0.4 is 0 Å². The molecule has 0 N–H and O–H groups in total. The molecule has 0 amide bonds. The van der Waals surface area contributed by atoms with Gasteiger partial charge in [0.1, 0.15) is 0 Å². The summed E-state index contributed by atoms with van der Waals surface area (Å²) in [5.41, 5.74) is 0.430. The van der Waals surface area contributed by atoms with Crippen LogP contribution in [0, 0.1) is 6.92 Å². The molecule has 3 rings (SSSR count). The van der Waals surface area contributed by atoms with Gasteiger partial charge in [-0.25, -0.2) is 9.67 Å². The number of benzene rings is 1. The summed E-state index contributed by atoms with van der Waals surface area (Å²) in [7, 11) is 0. The Bertz CT molecular complexity index is 888. The first-order valence-electron chi connectivity index (χ1n) is 7.62. The molecule has 0 fully saturated rings. The highest BCUT2D eigenvalue weighted by Gasteiger charge is 2.36. The van der Waals surface area contributed by atoms with Gasteiger partial charge in [0.2, 0.25) is 0 Å². The van der Waals surface area contributed by atoms with Gasteiger partial charge in [-0.1, -0.05) is 39.0 Å². The molecule has 0 unspecified atom stereocenters. The molecule has 0 saturated carbocycles. The Kier molecular flexibility index (Phi) is 3.66. The SMILES string of the molecule is Cc1nn(-c2ccccc2)c2nc(C(C)(C)C)cc(C(F)(F)F)c12. The number of hydrogen-bond donors (Lipinski definition) is 0. The van der Waals surface area contributed by atoms with Gasteiger partial charge in [-0.3, -0.25) is 0 Å². The van der Waals surface area contributed by atoms with Crippen molar-refractivity contribution in [2.75, 3.05) is 0 Å². The average Bonchev–Trinajstić information content (AvgIpc) is 2.83. The first-order valence-corrected chi connectivity index (χ1v) is 7.62. The standard InChI is InChI=1S/C18H18F3N3/c1-11-15-13(18(19,20)21)10-14(17(2,3)4)22-16(15)24(23-11)12-8-6-5-7-9-12/h5-10H,1-4H3. The fourth-order valence-electron chi connectivity index (χ4n) is 2.65. The molecule has 3 aromatic rings. The van der Waals surface area contributed by atoms with E-state index in [0.717, 1.165) is 6.07 Å². The number of aromatic nitrogens is 3. The molecule has 2 heterocycles. The van der Waals surface area contributed by atoms with Crippen molar-refractivity contribution in [2.45, 2.75) is 39.3 Å². The van der Waals surface area contributed by atoms with E-state index in [1.54, 1.807) is 19.1 Å². The molecule has 126 valence electrons. The molecule has 0 aliphatic rings. The highest BCUT2D eigenvalue weighted by atomic mass is 19.4. The number of pyridine rings is 1. The Labute approximate surface area is 138 Å². The number of hydrogen-bond acceptors (Lipinski definition) is 2. The molecule has 1 aromatic carbocycles. The number of aryl methyl sites for hydroxylation is 1. The molecule has 6 heteroatoms. The molecule has 0 bridgehead atoms. The van der Waals surface area contributed by atoms with Gasteiger partial charge in [-0.2, -0.15) is 18.3 Å². The molecule has 24 heavy (non-hydrogen) atoms. The number of nitrogens with zero attached hydrogens (tertiary/aromatic N) is 3. The maximum atomic E-state index is 13.6. The third-order valence-corrected chi connectivity index (χ3v) is 3.89. The van der Waals surface area contributed by atoms with Crippen molar-refractivity contribution < 1.29 is 13.2 Å². The average molecular weight is 333 g/mol. The van der Waals surface area contributed by atoms with E-state index in [0.29, 0.717) is 17.1 Å². The van der Waals surface area contributed by atoms with Crippen LogP contribution in [0.15, 0.2) is 36.4 Å². The third kappa shape index (κ3) is 2.77. The van der Waals surface area contributed by atoms with E-state index in [1.807, 2.05) is 39.0 Å². The lowest BCUT2D eigenvalue weighted by atomic mass is 9.90. The van der Waals surface area contributed by atoms with Gasteiger partial charge in [0.25, 0.3) is 0 Å². The van der Waals surface area contributed by atoms with Crippen LogP contribution in [0.3, 0.4) is 0 Å². The number of rotatable bonds is 1. The predicted molar refractivity (Wildman–Crippen MR) is 87.3 cm³/mol. The summed E-state index contributed by atoms with van der Waals surface area (Å²) in [6.45, 7) is 7.11. The van der Waals surface area contributed by atoms with Crippen LogP contribution in [0.25, 0.3) is 16.7 Å². The molecule has 2 aromatic heterocycles. The van der Waals surface area contributed by atoms with Crippen LogP contribution in [-0.4, -0.2) is 14.8 Å². The van der Waals surface area contributed by atoms with E-state index in [1.165, 1.54) is 4.68 Å². The lowest BCUT2D eigenvalue weighted by molar-refractivity contribution is -0.136. The largest absolute Gasteiger partial charge is 0.417 e.